The van der Waals surface area contributed by atoms with Gasteiger partial charge in [-0.1, -0.05) is 12.1 Å². The van der Waals surface area contributed by atoms with E-state index in [1.54, 1.807) is 0 Å². The molecular formula is C22H19F3N6O2. The van der Waals surface area contributed by atoms with Crippen molar-refractivity contribution in [3.05, 3.63) is 76.9 Å². The number of nitriles is 1. The van der Waals surface area contributed by atoms with E-state index in [0.717, 1.165) is 12.1 Å². The third-order valence-electron chi connectivity index (χ3n) is 4.76. The summed E-state index contributed by atoms with van der Waals surface area (Å²) in [6.45, 7) is 3.02. The molecule has 0 fully saturated rings. The van der Waals surface area contributed by atoms with Gasteiger partial charge >= 0.3 is 6.09 Å². The Morgan fingerprint density at radius 2 is 1.82 bits per heavy atom. The lowest BCUT2D eigenvalue weighted by atomic mass is 10.00. The van der Waals surface area contributed by atoms with Crippen LogP contribution < -0.4 is 16.0 Å². The molecule has 0 aliphatic heterocycles. The van der Waals surface area contributed by atoms with E-state index in [0.29, 0.717) is 5.56 Å². The van der Waals surface area contributed by atoms with Crippen molar-refractivity contribution in [1.29, 1.82) is 5.26 Å². The summed E-state index contributed by atoms with van der Waals surface area (Å²) >= 11 is 0. The number of carbonyl (C=O) groups is 1. The van der Waals surface area contributed by atoms with Gasteiger partial charge in [0.15, 0.2) is 17.5 Å². The molecule has 2 aromatic heterocycles. The van der Waals surface area contributed by atoms with E-state index in [-0.39, 0.29) is 28.6 Å². The fourth-order valence-corrected chi connectivity index (χ4v) is 3.07. The second kappa shape index (κ2) is 9.86. The van der Waals surface area contributed by atoms with Gasteiger partial charge in [-0.25, -0.2) is 22.9 Å². The SMILES string of the molecule is Cc1ncc(Nc2nc(N[C@@H](c3ccc(F)cc3)[C@H](C)NC(=O)O)c(F)cc2C#N)cc1F. The number of hydrogen-bond donors (Lipinski definition) is 4. The lowest BCUT2D eigenvalue weighted by Gasteiger charge is -2.26. The van der Waals surface area contributed by atoms with Crippen LogP contribution >= 0.6 is 0 Å². The van der Waals surface area contributed by atoms with Gasteiger partial charge in [0.25, 0.3) is 0 Å². The average Bonchev–Trinajstić information content (AvgIpc) is 2.76. The fourth-order valence-electron chi connectivity index (χ4n) is 3.07. The summed E-state index contributed by atoms with van der Waals surface area (Å²) in [6.07, 6.45) is 0.0265. The predicted molar refractivity (Wildman–Crippen MR) is 115 cm³/mol. The first-order valence-corrected chi connectivity index (χ1v) is 9.69. The smallest absolute Gasteiger partial charge is 0.404 e. The van der Waals surface area contributed by atoms with Crippen LogP contribution in [0.2, 0.25) is 0 Å². The van der Waals surface area contributed by atoms with Crippen LogP contribution in [0.3, 0.4) is 0 Å². The highest BCUT2D eigenvalue weighted by atomic mass is 19.1. The molecule has 0 aliphatic carbocycles. The molecule has 8 nitrogen and oxygen atoms in total. The molecule has 0 radical (unpaired) electrons. The molecule has 1 aromatic carbocycles. The Bertz CT molecular complexity index is 1210. The zero-order valence-electron chi connectivity index (χ0n) is 17.5. The predicted octanol–water partition coefficient (Wildman–Crippen LogP) is 4.63. The first-order chi connectivity index (χ1) is 15.7. The first kappa shape index (κ1) is 23.3. The van der Waals surface area contributed by atoms with E-state index in [1.807, 2.05) is 6.07 Å². The van der Waals surface area contributed by atoms with Crippen molar-refractivity contribution in [2.24, 2.45) is 0 Å². The van der Waals surface area contributed by atoms with Gasteiger partial charge in [-0.05, 0) is 37.6 Å². The van der Waals surface area contributed by atoms with Gasteiger partial charge in [-0.2, -0.15) is 5.26 Å². The maximum absolute atomic E-state index is 14.8. The van der Waals surface area contributed by atoms with Crippen LogP contribution in [0, 0.1) is 35.7 Å². The van der Waals surface area contributed by atoms with E-state index in [2.05, 4.69) is 25.9 Å². The molecule has 2 atom stereocenters. The number of amides is 1. The number of aryl methyl sites for hydroxylation is 1. The minimum Gasteiger partial charge on any atom is -0.465 e. The number of aromatic nitrogens is 2. The quantitative estimate of drug-likeness (QED) is 0.409. The molecule has 4 N–H and O–H groups in total. The molecule has 33 heavy (non-hydrogen) atoms. The number of nitrogens with one attached hydrogen (secondary N) is 3. The van der Waals surface area contributed by atoms with Gasteiger partial charge in [0, 0.05) is 6.07 Å². The van der Waals surface area contributed by atoms with Gasteiger partial charge in [-0.3, -0.25) is 4.98 Å². The van der Waals surface area contributed by atoms with Crippen LogP contribution in [0.4, 0.5) is 35.3 Å². The molecule has 2 heterocycles. The molecule has 0 unspecified atom stereocenters. The summed E-state index contributed by atoms with van der Waals surface area (Å²) in [5, 5.41) is 26.3. The van der Waals surface area contributed by atoms with Crippen molar-refractivity contribution >= 4 is 23.4 Å². The van der Waals surface area contributed by atoms with Gasteiger partial charge in [0.2, 0.25) is 0 Å². The van der Waals surface area contributed by atoms with Crippen LogP contribution in [0.25, 0.3) is 0 Å². The van der Waals surface area contributed by atoms with Crippen LogP contribution in [0.5, 0.6) is 0 Å². The fraction of sp³-hybridized carbons (Fsp3) is 0.182. The van der Waals surface area contributed by atoms with Crippen molar-refractivity contribution in [3.63, 3.8) is 0 Å². The van der Waals surface area contributed by atoms with E-state index >= 15 is 0 Å². The third kappa shape index (κ3) is 5.68. The first-order valence-electron chi connectivity index (χ1n) is 9.69. The molecule has 0 saturated carbocycles. The molecule has 1 amide bonds. The van der Waals surface area contributed by atoms with E-state index in [1.165, 1.54) is 44.3 Å². The normalized spacial score (nSPS) is 12.4. The number of carboxylic acid groups (broad SMARTS) is 1. The lowest BCUT2D eigenvalue weighted by molar-refractivity contribution is 0.189. The highest BCUT2D eigenvalue weighted by Gasteiger charge is 2.24. The van der Waals surface area contributed by atoms with Crippen LogP contribution in [-0.4, -0.2) is 27.2 Å². The molecule has 3 aromatic rings. The topological polar surface area (TPSA) is 123 Å². The molecule has 0 bridgehead atoms. The van der Waals surface area contributed by atoms with Crippen LogP contribution in [0.15, 0.2) is 42.6 Å². The number of nitrogens with zero attached hydrogens (tertiary/aromatic N) is 3. The maximum atomic E-state index is 14.8. The number of pyridine rings is 2. The highest BCUT2D eigenvalue weighted by molar-refractivity contribution is 5.66. The second-order valence-corrected chi connectivity index (χ2v) is 7.15. The standard InChI is InChI=1S/C22H19F3N6O2/c1-11-17(24)8-16(10-27-11)29-20-14(9-26)7-18(25)21(31-20)30-19(12(2)28-22(32)33)13-3-5-15(23)6-4-13/h3-8,10,12,19,28H,1-2H3,(H,32,33)(H2,29,30,31)/t12-,19+/m0/s1. The Morgan fingerprint density at radius 1 is 1.12 bits per heavy atom. The summed E-state index contributed by atoms with van der Waals surface area (Å²) in [5.74, 6) is -2.32. The zero-order chi connectivity index (χ0) is 24.1. The van der Waals surface area contributed by atoms with Crippen LogP contribution in [0.1, 0.15) is 29.8 Å². The Morgan fingerprint density at radius 3 is 2.42 bits per heavy atom. The molecule has 0 aliphatic rings. The largest absolute Gasteiger partial charge is 0.465 e. The Kier molecular flexibility index (Phi) is 6.97. The summed E-state index contributed by atoms with van der Waals surface area (Å²) in [5.41, 5.74) is 0.685. The monoisotopic (exact) mass is 456 g/mol. The third-order valence-corrected chi connectivity index (χ3v) is 4.76. The molecule has 0 saturated heterocycles. The van der Waals surface area contributed by atoms with Crippen molar-refractivity contribution in [2.45, 2.75) is 25.9 Å². The van der Waals surface area contributed by atoms with Crippen molar-refractivity contribution in [2.75, 3.05) is 10.6 Å². The minimum absolute atomic E-state index is 0.0665. The number of benzene rings is 1. The van der Waals surface area contributed by atoms with E-state index in [4.69, 9.17) is 5.11 Å². The van der Waals surface area contributed by atoms with Gasteiger partial charge < -0.3 is 21.1 Å². The van der Waals surface area contributed by atoms with Crippen LogP contribution in [-0.2, 0) is 0 Å². The maximum Gasteiger partial charge on any atom is 0.404 e. The summed E-state index contributed by atoms with van der Waals surface area (Å²) in [6, 6.07) is 7.50. The number of anilines is 3. The molecule has 0 spiro atoms. The van der Waals surface area contributed by atoms with E-state index < -0.39 is 35.6 Å². The summed E-state index contributed by atoms with van der Waals surface area (Å²) in [4.78, 5) is 19.1. The van der Waals surface area contributed by atoms with Crippen molar-refractivity contribution < 1.29 is 23.1 Å². The van der Waals surface area contributed by atoms with Gasteiger partial charge in [0.1, 0.15) is 17.7 Å². The second-order valence-electron chi connectivity index (χ2n) is 7.15. The van der Waals surface area contributed by atoms with Crippen molar-refractivity contribution in [3.8, 4) is 6.07 Å². The summed E-state index contributed by atoms with van der Waals surface area (Å²) < 4.78 is 42.0. The van der Waals surface area contributed by atoms with Gasteiger partial charge in [-0.15, -0.1) is 0 Å². The zero-order valence-corrected chi connectivity index (χ0v) is 17.5. The minimum atomic E-state index is -1.30. The number of hydrogen-bond acceptors (Lipinski definition) is 6. The van der Waals surface area contributed by atoms with Crippen molar-refractivity contribution in [1.82, 2.24) is 15.3 Å². The molecule has 11 heteroatoms. The van der Waals surface area contributed by atoms with E-state index in [9.17, 15) is 23.2 Å². The Balaban J connectivity index is 1.99. The Labute approximate surface area is 187 Å². The Hall–Kier alpha value is -4.33. The molecule has 3 rings (SSSR count). The highest BCUT2D eigenvalue weighted by Crippen LogP contribution is 2.28. The lowest BCUT2D eigenvalue weighted by Crippen LogP contribution is -2.39. The molecule has 170 valence electrons. The number of rotatable bonds is 7. The number of halogens is 3. The van der Waals surface area contributed by atoms with Gasteiger partial charge in [0.05, 0.1) is 35.2 Å². The summed E-state index contributed by atoms with van der Waals surface area (Å²) in [7, 11) is 0. The average molecular weight is 456 g/mol. The molecular weight excluding hydrogens is 437 g/mol.